The molecule has 0 fully saturated rings. The first-order chi connectivity index (χ1) is 16.5. The van der Waals surface area contributed by atoms with Crippen LogP contribution in [0.5, 0.6) is 0 Å². The number of hydrogen-bond acceptors (Lipinski definition) is 3. The molecule has 0 radical (unpaired) electrons. The van der Waals surface area contributed by atoms with Gasteiger partial charge in [0.1, 0.15) is 6.61 Å². The highest BCUT2D eigenvalue weighted by atomic mass is 16.5. The van der Waals surface area contributed by atoms with Gasteiger partial charge in [0, 0.05) is 11.6 Å². The SMILES string of the molecule is Cc1cc(NC(=O)OCC2c3ccccc3-c3ccccc32)ccc1-c1ccc(C(=O)O)cc1. The molecule has 0 saturated carbocycles. The summed E-state index contributed by atoms with van der Waals surface area (Å²) in [5.74, 6) is -0.943. The van der Waals surface area contributed by atoms with Crippen molar-refractivity contribution in [2.45, 2.75) is 12.8 Å². The van der Waals surface area contributed by atoms with E-state index in [-0.39, 0.29) is 18.1 Å². The van der Waals surface area contributed by atoms with Gasteiger partial charge in [0.15, 0.2) is 0 Å². The minimum Gasteiger partial charge on any atom is -0.478 e. The summed E-state index contributed by atoms with van der Waals surface area (Å²) in [4.78, 5) is 23.6. The topological polar surface area (TPSA) is 75.6 Å². The minimum atomic E-state index is -0.953. The molecule has 5 nitrogen and oxygen atoms in total. The van der Waals surface area contributed by atoms with Crippen molar-refractivity contribution in [2.75, 3.05) is 11.9 Å². The molecule has 0 heterocycles. The molecule has 4 aromatic rings. The highest BCUT2D eigenvalue weighted by Gasteiger charge is 2.29. The maximum atomic E-state index is 12.6. The summed E-state index contributed by atoms with van der Waals surface area (Å²) >= 11 is 0. The van der Waals surface area contributed by atoms with Crippen LogP contribution >= 0.6 is 0 Å². The van der Waals surface area contributed by atoms with E-state index in [0.29, 0.717) is 5.69 Å². The number of amides is 1. The lowest BCUT2D eigenvalue weighted by molar-refractivity contribution is 0.0697. The Morgan fingerprint density at radius 2 is 1.44 bits per heavy atom. The van der Waals surface area contributed by atoms with E-state index in [4.69, 9.17) is 9.84 Å². The fourth-order valence-corrected chi connectivity index (χ4v) is 4.61. The molecule has 0 unspecified atom stereocenters. The molecule has 0 atom stereocenters. The third-order valence-corrected chi connectivity index (χ3v) is 6.26. The lowest BCUT2D eigenvalue weighted by Crippen LogP contribution is -2.18. The van der Waals surface area contributed by atoms with Crippen molar-refractivity contribution >= 4 is 17.7 Å². The summed E-state index contributed by atoms with van der Waals surface area (Å²) < 4.78 is 5.63. The first-order valence-corrected chi connectivity index (χ1v) is 11.1. The molecule has 0 spiro atoms. The van der Waals surface area contributed by atoms with E-state index in [1.807, 2.05) is 49.4 Å². The van der Waals surface area contributed by atoms with Crippen molar-refractivity contribution in [2.24, 2.45) is 0 Å². The number of anilines is 1. The predicted molar refractivity (Wildman–Crippen MR) is 132 cm³/mol. The Bertz CT molecular complexity index is 1350. The van der Waals surface area contributed by atoms with Crippen molar-refractivity contribution in [3.63, 3.8) is 0 Å². The normalized spacial score (nSPS) is 12.0. The zero-order valence-electron chi connectivity index (χ0n) is 18.6. The number of fused-ring (bicyclic) bond motifs is 3. The maximum absolute atomic E-state index is 12.6. The minimum absolute atomic E-state index is 0.0102. The summed E-state index contributed by atoms with van der Waals surface area (Å²) in [6.45, 7) is 2.20. The number of carbonyl (C=O) groups is 2. The molecule has 5 rings (SSSR count). The van der Waals surface area contributed by atoms with Crippen LogP contribution in [0.4, 0.5) is 10.5 Å². The van der Waals surface area contributed by atoms with Gasteiger partial charge >= 0.3 is 12.1 Å². The number of carboxylic acids is 1. The molecule has 1 aliphatic carbocycles. The molecular formula is C29H23NO4. The van der Waals surface area contributed by atoms with Crippen LogP contribution in [0.15, 0.2) is 91.0 Å². The second-order valence-corrected chi connectivity index (χ2v) is 8.36. The third-order valence-electron chi connectivity index (χ3n) is 6.26. The lowest BCUT2D eigenvalue weighted by atomic mass is 9.98. The predicted octanol–water partition coefficient (Wildman–Crippen LogP) is 6.72. The highest BCUT2D eigenvalue weighted by Crippen LogP contribution is 2.44. The second-order valence-electron chi connectivity index (χ2n) is 8.36. The lowest BCUT2D eigenvalue weighted by Gasteiger charge is -2.15. The van der Waals surface area contributed by atoms with Crippen LogP contribution in [-0.2, 0) is 4.74 Å². The standard InChI is InChI=1S/C29H23NO4/c1-18-16-21(14-15-22(18)19-10-12-20(13-11-19)28(31)32)30-29(33)34-17-27-25-8-4-2-6-23(25)24-7-3-5-9-26(24)27/h2-16,27H,17H2,1H3,(H,30,33)(H,31,32). The Hall–Kier alpha value is -4.38. The molecule has 1 amide bonds. The van der Waals surface area contributed by atoms with E-state index < -0.39 is 12.1 Å². The average Bonchev–Trinajstić information content (AvgIpc) is 3.17. The van der Waals surface area contributed by atoms with Crippen LogP contribution in [0.2, 0.25) is 0 Å². The maximum Gasteiger partial charge on any atom is 0.411 e. The van der Waals surface area contributed by atoms with Crippen LogP contribution in [0, 0.1) is 6.92 Å². The van der Waals surface area contributed by atoms with E-state index >= 15 is 0 Å². The summed E-state index contributed by atoms with van der Waals surface area (Å²) in [6, 6.07) is 28.8. The second kappa shape index (κ2) is 8.87. The summed E-state index contributed by atoms with van der Waals surface area (Å²) in [5.41, 5.74) is 8.45. The number of nitrogens with one attached hydrogen (secondary N) is 1. The Morgan fingerprint density at radius 1 is 0.824 bits per heavy atom. The number of carbonyl (C=O) groups excluding carboxylic acids is 1. The van der Waals surface area contributed by atoms with Crippen LogP contribution in [0.1, 0.15) is 33.0 Å². The molecule has 168 valence electrons. The summed E-state index contributed by atoms with van der Waals surface area (Å²) in [6.07, 6.45) is -0.500. The number of ether oxygens (including phenoxy) is 1. The molecule has 1 aliphatic rings. The van der Waals surface area contributed by atoms with Crippen LogP contribution < -0.4 is 5.32 Å². The van der Waals surface area contributed by atoms with Gasteiger partial charge in [-0.25, -0.2) is 9.59 Å². The van der Waals surface area contributed by atoms with Gasteiger partial charge in [0.05, 0.1) is 5.56 Å². The van der Waals surface area contributed by atoms with Gasteiger partial charge in [-0.1, -0.05) is 66.7 Å². The number of benzene rings is 4. The van der Waals surface area contributed by atoms with Gasteiger partial charge in [-0.15, -0.1) is 0 Å². The van der Waals surface area contributed by atoms with E-state index in [9.17, 15) is 9.59 Å². The monoisotopic (exact) mass is 449 g/mol. The molecule has 4 aromatic carbocycles. The zero-order valence-corrected chi connectivity index (χ0v) is 18.6. The van der Waals surface area contributed by atoms with E-state index in [2.05, 4.69) is 29.6 Å². The summed E-state index contributed by atoms with van der Waals surface area (Å²) in [7, 11) is 0. The molecular weight excluding hydrogens is 426 g/mol. The molecule has 2 N–H and O–H groups in total. The Morgan fingerprint density at radius 3 is 2.03 bits per heavy atom. The first-order valence-electron chi connectivity index (χ1n) is 11.1. The molecule has 34 heavy (non-hydrogen) atoms. The van der Waals surface area contributed by atoms with Gasteiger partial charge in [-0.05, 0) is 70.1 Å². The first kappa shape index (κ1) is 21.5. The fraction of sp³-hybridized carbons (Fsp3) is 0.103. The highest BCUT2D eigenvalue weighted by molar-refractivity contribution is 5.89. The van der Waals surface area contributed by atoms with Gasteiger partial charge in [0.25, 0.3) is 0 Å². The van der Waals surface area contributed by atoms with Crippen LogP contribution in [-0.4, -0.2) is 23.8 Å². The van der Waals surface area contributed by atoms with Gasteiger partial charge in [-0.3, -0.25) is 5.32 Å². The number of carboxylic acid groups (broad SMARTS) is 1. The van der Waals surface area contributed by atoms with Crippen LogP contribution in [0.3, 0.4) is 0 Å². The quantitative estimate of drug-likeness (QED) is 0.355. The van der Waals surface area contributed by atoms with Crippen molar-refractivity contribution in [3.05, 3.63) is 113 Å². The van der Waals surface area contributed by atoms with E-state index in [1.54, 1.807) is 24.3 Å². The Kier molecular flexibility index (Phi) is 5.60. The molecule has 0 aromatic heterocycles. The van der Waals surface area contributed by atoms with Gasteiger partial charge in [-0.2, -0.15) is 0 Å². The Balaban J connectivity index is 1.27. The number of hydrogen-bond donors (Lipinski definition) is 2. The van der Waals surface area contributed by atoms with Gasteiger partial charge < -0.3 is 9.84 Å². The summed E-state index contributed by atoms with van der Waals surface area (Å²) in [5, 5.41) is 11.9. The van der Waals surface area contributed by atoms with Crippen molar-refractivity contribution in [1.82, 2.24) is 0 Å². The largest absolute Gasteiger partial charge is 0.478 e. The third kappa shape index (κ3) is 4.04. The fourth-order valence-electron chi connectivity index (χ4n) is 4.61. The molecule has 0 bridgehead atoms. The van der Waals surface area contributed by atoms with Gasteiger partial charge in [0.2, 0.25) is 0 Å². The van der Waals surface area contributed by atoms with Crippen molar-refractivity contribution < 1.29 is 19.4 Å². The smallest absolute Gasteiger partial charge is 0.411 e. The molecule has 0 saturated heterocycles. The number of aromatic carboxylic acids is 1. The molecule has 0 aliphatic heterocycles. The van der Waals surface area contributed by atoms with E-state index in [0.717, 1.165) is 16.7 Å². The number of aryl methyl sites for hydroxylation is 1. The van der Waals surface area contributed by atoms with Crippen molar-refractivity contribution in [3.8, 4) is 22.3 Å². The Labute approximate surface area is 197 Å². The van der Waals surface area contributed by atoms with Crippen molar-refractivity contribution in [1.29, 1.82) is 0 Å². The molecule has 5 heteroatoms. The number of rotatable bonds is 5. The van der Waals surface area contributed by atoms with E-state index in [1.165, 1.54) is 22.3 Å². The van der Waals surface area contributed by atoms with Crippen LogP contribution in [0.25, 0.3) is 22.3 Å². The average molecular weight is 450 g/mol. The zero-order chi connectivity index (χ0) is 23.7.